The molecule has 0 unspecified atom stereocenters. The highest BCUT2D eigenvalue weighted by atomic mass is 127. The normalized spacial score (nSPS) is 10.2. The minimum atomic E-state index is 0.768. The van der Waals surface area contributed by atoms with Crippen molar-refractivity contribution < 1.29 is 0 Å². The molecule has 0 saturated heterocycles. The van der Waals surface area contributed by atoms with Crippen molar-refractivity contribution in [2.45, 2.75) is 13.8 Å². The molecule has 1 rings (SSSR count). The van der Waals surface area contributed by atoms with Crippen molar-refractivity contribution in [3.8, 4) is 0 Å². The quantitative estimate of drug-likeness (QED) is 0.652. The van der Waals surface area contributed by atoms with Crippen LogP contribution in [0.15, 0.2) is 0 Å². The second kappa shape index (κ2) is 2.46. The van der Waals surface area contributed by atoms with Gasteiger partial charge in [-0.2, -0.15) is 5.10 Å². The number of halogens is 2. The van der Waals surface area contributed by atoms with Crippen LogP contribution in [0.25, 0.3) is 0 Å². The number of rotatable bonds is 0. The van der Waals surface area contributed by atoms with Crippen LogP contribution in [0.2, 0.25) is 5.02 Å². The standard InChI is InChI=1S/C5H6ClIN2/c1-3-5(6)4(2)9(7)8-3/h1-2H3. The highest BCUT2D eigenvalue weighted by Gasteiger charge is 2.05. The van der Waals surface area contributed by atoms with E-state index in [4.69, 9.17) is 11.6 Å². The van der Waals surface area contributed by atoms with E-state index in [1.807, 2.05) is 13.8 Å². The average Bonchev–Trinajstić information content (AvgIpc) is 1.98. The van der Waals surface area contributed by atoms with E-state index >= 15 is 0 Å². The molecule has 0 fully saturated rings. The first-order valence-electron chi connectivity index (χ1n) is 2.51. The minimum Gasteiger partial charge on any atom is -0.207 e. The summed E-state index contributed by atoms with van der Waals surface area (Å²) in [5.74, 6) is 0. The van der Waals surface area contributed by atoms with Crippen LogP contribution < -0.4 is 0 Å². The lowest BCUT2D eigenvalue weighted by atomic mass is 10.4. The number of hydrogen-bond acceptors (Lipinski definition) is 1. The summed E-state index contributed by atoms with van der Waals surface area (Å²) in [6, 6.07) is 0. The van der Waals surface area contributed by atoms with Gasteiger partial charge in [0.25, 0.3) is 0 Å². The third-order valence-corrected chi connectivity index (χ3v) is 2.64. The molecule has 1 aromatic heterocycles. The van der Waals surface area contributed by atoms with Gasteiger partial charge in [-0.15, -0.1) is 0 Å². The molecule has 1 aromatic rings. The van der Waals surface area contributed by atoms with Gasteiger partial charge in [-0.1, -0.05) is 11.6 Å². The average molecular weight is 256 g/mol. The summed E-state index contributed by atoms with van der Waals surface area (Å²) < 4.78 is 1.75. The van der Waals surface area contributed by atoms with Crippen molar-refractivity contribution in [2.24, 2.45) is 0 Å². The molecular weight excluding hydrogens is 250 g/mol. The van der Waals surface area contributed by atoms with Gasteiger partial charge in [0.2, 0.25) is 0 Å². The van der Waals surface area contributed by atoms with E-state index in [-0.39, 0.29) is 0 Å². The summed E-state index contributed by atoms with van der Waals surface area (Å²) in [5.41, 5.74) is 1.90. The van der Waals surface area contributed by atoms with E-state index in [1.54, 1.807) is 2.90 Å². The van der Waals surface area contributed by atoms with Gasteiger partial charge in [-0.3, -0.25) is 0 Å². The second-order valence-corrected chi connectivity index (χ2v) is 3.14. The highest BCUT2D eigenvalue weighted by Crippen LogP contribution is 2.19. The second-order valence-electron chi connectivity index (χ2n) is 1.84. The summed E-state index contributed by atoms with van der Waals surface area (Å²) in [6.07, 6.45) is 0. The molecule has 0 saturated carbocycles. The molecule has 1 heterocycles. The molecule has 0 atom stereocenters. The zero-order chi connectivity index (χ0) is 7.02. The predicted octanol–water partition coefficient (Wildman–Crippen LogP) is 2.35. The number of aryl methyl sites for hydroxylation is 1. The Morgan fingerprint density at radius 1 is 1.56 bits per heavy atom. The van der Waals surface area contributed by atoms with Crippen molar-refractivity contribution in [3.05, 3.63) is 16.4 Å². The van der Waals surface area contributed by atoms with Crippen LogP contribution in [-0.4, -0.2) is 7.99 Å². The Labute approximate surface area is 72.7 Å². The molecule has 9 heavy (non-hydrogen) atoms. The lowest BCUT2D eigenvalue weighted by molar-refractivity contribution is 0.986. The lowest BCUT2D eigenvalue weighted by Gasteiger charge is -1.86. The fourth-order valence-electron chi connectivity index (χ4n) is 0.593. The first-order chi connectivity index (χ1) is 4.13. The highest BCUT2D eigenvalue weighted by molar-refractivity contribution is 14.1. The van der Waals surface area contributed by atoms with Crippen molar-refractivity contribution in [1.29, 1.82) is 0 Å². The Hall–Kier alpha value is 0.230. The molecule has 0 amide bonds. The van der Waals surface area contributed by atoms with Gasteiger partial charge in [0.15, 0.2) is 0 Å². The molecular formula is C5H6ClIN2. The van der Waals surface area contributed by atoms with Crippen LogP contribution in [0.3, 0.4) is 0 Å². The van der Waals surface area contributed by atoms with Crippen LogP contribution in [0.1, 0.15) is 11.4 Å². The van der Waals surface area contributed by atoms with Crippen molar-refractivity contribution in [2.75, 3.05) is 0 Å². The monoisotopic (exact) mass is 256 g/mol. The first kappa shape index (κ1) is 7.34. The Kier molecular flexibility index (Phi) is 2.00. The summed E-state index contributed by atoms with van der Waals surface area (Å²) in [6.45, 7) is 3.83. The largest absolute Gasteiger partial charge is 0.207 e. The zero-order valence-electron chi connectivity index (χ0n) is 5.15. The molecule has 0 aliphatic rings. The fourth-order valence-corrected chi connectivity index (χ4v) is 1.42. The fraction of sp³-hybridized carbons (Fsp3) is 0.400. The van der Waals surface area contributed by atoms with Crippen LogP contribution in [0.5, 0.6) is 0 Å². The summed E-state index contributed by atoms with van der Waals surface area (Å²) in [7, 11) is 0. The van der Waals surface area contributed by atoms with Gasteiger partial charge in [-0.05, 0) is 13.8 Å². The summed E-state index contributed by atoms with van der Waals surface area (Å²) in [4.78, 5) is 0. The van der Waals surface area contributed by atoms with E-state index in [2.05, 4.69) is 28.0 Å². The molecule has 2 nitrogen and oxygen atoms in total. The molecule has 0 aliphatic heterocycles. The molecule has 0 aliphatic carbocycles. The smallest absolute Gasteiger partial charge is 0.0853 e. The number of nitrogens with zero attached hydrogens (tertiary/aromatic N) is 2. The van der Waals surface area contributed by atoms with Crippen LogP contribution in [0.4, 0.5) is 0 Å². The maximum absolute atomic E-state index is 5.81. The number of hydrogen-bond donors (Lipinski definition) is 0. The van der Waals surface area contributed by atoms with E-state index in [0.29, 0.717) is 0 Å². The predicted molar refractivity (Wildman–Crippen MR) is 46.1 cm³/mol. The third-order valence-electron chi connectivity index (χ3n) is 1.15. The van der Waals surface area contributed by atoms with Crippen molar-refractivity contribution in [3.63, 3.8) is 0 Å². The van der Waals surface area contributed by atoms with Gasteiger partial charge >= 0.3 is 0 Å². The molecule has 0 spiro atoms. The molecule has 0 radical (unpaired) electrons. The molecule has 0 N–H and O–H groups in total. The Morgan fingerprint density at radius 2 is 2.11 bits per heavy atom. The van der Waals surface area contributed by atoms with E-state index in [1.165, 1.54) is 0 Å². The van der Waals surface area contributed by atoms with E-state index < -0.39 is 0 Å². The van der Waals surface area contributed by atoms with Crippen LogP contribution in [0, 0.1) is 13.8 Å². The van der Waals surface area contributed by atoms with Crippen molar-refractivity contribution in [1.82, 2.24) is 7.99 Å². The number of aromatic nitrogens is 2. The lowest BCUT2D eigenvalue weighted by Crippen LogP contribution is -1.82. The topological polar surface area (TPSA) is 17.8 Å². The molecule has 0 bridgehead atoms. The SMILES string of the molecule is Cc1nn(I)c(C)c1Cl. The Balaban J connectivity index is 3.29. The summed E-state index contributed by atoms with van der Waals surface area (Å²) in [5, 5.41) is 4.85. The molecule has 0 aromatic carbocycles. The maximum atomic E-state index is 5.81. The van der Waals surface area contributed by atoms with Crippen LogP contribution in [-0.2, 0) is 0 Å². The van der Waals surface area contributed by atoms with Gasteiger partial charge < -0.3 is 0 Å². The molecule has 4 heteroatoms. The van der Waals surface area contributed by atoms with Crippen molar-refractivity contribution >= 4 is 34.5 Å². The Morgan fingerprint density at radius 3 is 2.22 bits per heavy atom. The Bertz CT molecular complexity index is 209. The minimum absolute atomic E-state index is 0.768. The zero-order valence-corrected chi connectivity index (χ0v) is 8.06. The van der Waals surface area contributed by atoms with Crippen LogP contribution >= 0.6 is 34.5 Å². The van der Waals surface area contributed by atoms with E-state index in [0.717, 1.165) is 16.4 Å². The maximum Gasteiger partial charge on any atom is 0.0853 e. The van der Waals surface area contributed by atoms with Gasteiger partial charge in [-0.25, -0.2) is 2.90 Å². The van der Waals surface area contributed by atoms with Gasteiger partial charge in [0, 0.05) is 0 Å². The molecule has 50 valence electrons. The van der Waals surface area contributed by atoms with Gasteiger partial charge in [0.05, 0.1) is 39.3 Å². The van der Waals surface area contributed by atoms with E-state index in [9.17, 15) is 0 Å². The van der Waals surface area contributed by atoms with Gasteiger partial charge in [0.1, 0.15) is 0 Å². The third kappa shape index (κ3) is 1.21. The summed E-state index contributed by atoms with van der Waals surface area (Å²) >= 11 is 7.90. The first-order valence-corrected chi connectivity index (χ1v) is 3.85.